The second-order valence-electron chi connectivity index (χ2n) is 5.91. The molecule has 0 spiro atoms. The zero-order valence-electron chi connectivity index (χ0n) is 13.9. The molecule has 0 fully saturated rings. The number of aromatic amines is 1. The van der Waals surface area contributed by atoms with Gasteiger partial charge in [-0.3, -0.25) is 4.79 Å². The molecule has 1 amide bonds. The van der Waals surface area contributed by atoms with Gasteiger partial charge in [-0.25, -0.2) is 0 Å². The molecule has 1 aromatic heterocycles. The summed E-state index contributed by atoms with van der Waals surface area (Å²) in [5.41, 5.74) is 5.59. The van der Waals surface area contributed by atoms with Crippen LogP contribution in [0.5, 0.6) is 0 Å². The number of hydrogen-bond donors (Lipinski definition) is 2. The number of amides is 1. The van der Waals surface area contributed by atoms with Crippen molar-refractivity contribution < 1.29 is 4.79 Å². The third-order valence-corrected chi connectivity index (χ3v) is 4.18. The first kappa shape index (κ1) is 15.9. The summed E-state index contributed by atoms with van der Waals surface area (Å²) in [6.45, 7) is 4.67. The Bertz CT molecular complexity index is 941. The Labute approximate surface area is 142 Å². The van der Waals surface area contributed by atoms with E-state index in [2.05, 4.69) is 35.1 Å². The van der Waals surface area contributed by atoms with Gasteiger partial charge in [0, 0.05) is 35.1 Å². The van der Waals surface area contributed by atoms with Gasteiger partial charge < -0.3 is 10.3 Å². The lowest BCUT2D eigenvalue weighted by atomic mass is 10.1. The van der Waals surface area contributed by atoms with Crippen molar-refractivity contribution >= 4 is 16.8 Å². The van der Waals surface area contributed by atoms with E-state index in [0.29, 0.717) is 6.54 Å². The van der Waals surface area contributed by atoms with E-state index >= 15 is 0 Å². The number of aromatic nitrogens is 1. The fourth-order valence-electron chi connectivity index (χ4n) is 2.64. The first-order valence-electron chi connectivity index (χ1n) is 8.05. The van der Waals surface area contributed by atoms with Crippen molar-refractivity contribution in [3.8, 4) is 11.8 Å². The fourth-order valence-corrected chi connectivity index (χ4v) is 2.64. The minimum absolute atomic E-state index is 0.243. The molecule has 0 bridgehead atoms. The summed E-state index contributed by atoms with van der Waals surface area (Å²) in [5.74, 6) is 5.33. The maximum atomic E-state index is 11.9. The van der Waals surface area contributed by atoms with E-state index in [9.17, 15) is 4.79 Å². The molecule has 3 nitrogen and oxygen atoms in total. The van der Waals surface area contributed by atoms with Gasteiger partial charge in [-0.2, -0.15) is 0 Å². The molecule has 0 atom stereocenters. The molecule has 3 rings (SSSR count). The van der Waals surface area contributed by atoms with Gasteiger partial charge in [0.15, 0.2) is 0 Å². The predicted molar refractivity (Wildman–Crippen MR) is 97.8 cm³/mol. The molecular weight excluding hydrogens is 296 g/mol. The summed E-state index contributed by atoms with van der Waals surface area (Å²) in [6, 6.07) is 14.1. The lowest BCUT2D eigenvalue weighted by Gasteiger charge is -2.01. The van der Waals surface area contributed by atoms with Crippen molar-refractivity contribution in [3.63, 3.8) is 0 Å². The van der Waals surface area contributed by atoms with E-state index in [0.717, 1.165) is 17.5 Å². The Hall–Kier alpha value is -2.99. The van der Waals surface area contributed by atoms with Crippen molar-refractivity contribution in [1.82, 2.24) is 10.3 Å². The summed E-state index contributed by atoms with van der Waals surface area (Å²) < 4.78 is 0. The summed E-state index contributed by atoms with van der Waals surface area (Å²) in [6.07, 6.45) is 2.78. The van der Waals surface area contributed by atoms with Crippen LogP contribution in [0.25, 0.3) is 10.9 Å². The van der Waals surface area contributed by atoms with E-state index in [1.807, 2.05) is 49.5 Å². The standard InChI is InChI=1S/C21H20N2O/c1-15-7-8-17(13-16(15)2)9-10-21(24)22-12-11-18-14-23-20-6-4-3-5-19(18)20/h3-8,13-14,23H,11-12H2,1-2H3,(H,22,24). The molecule has 1 heterocycles. The number of para-hydroxylation sites is 1. The number of nitrogens with one attached hydrogen (secondary N) is 2. The van der Waals surface area contributed by atoms with Crippen molar-refractivity contribution in [1.29, 1.82) is 0 Å². The van der Waals surface area contributed by atoms with Crippen LogP contribution in [-0.2, 0) is 11.2 Å². The zero-order valence-corrected chi connectivity index (χ0v) is 13.9. The molecule has 0 aliphatic carbocycles. The predicted octanol–water partition coefficient (Wildman–Crippen LogP) is 3.50. The largest absolute Gasteiger partial charge is 0.361 e. The topological polar surface area (TPSA) is 44.9 Å². The molecule has 3 heteroatoms. The SMILES string of the molecule is Cc1ccc(C#CC(=O)NCCc2c[nH]c3ccccc23)cc1C. The van der Waals surface area contributed by atoms with E-state index in [1.165, 1.54) is 22.1 Å². The summed E-state index contributed by atoms with van der Waals surface area (Å²) >= 11 is 0. The molecule has 24 heavy (non-hydrogen) atoms. The first-order valence-corrected chi connectivity index (χ1v) is 8.05. The van der Waals surface area contributed by atoms with Gasteiger partial charge in [-0.15, -0.1) is 0 Å². The van der Waals surface area contributed by atoms with Crippen LogP contribution in [-0.4, -0.2) is 17.4 Å². The van der Waals surface area contributed by atoms with Crippen LogP contribution in [0.1, 0.15) is 22.3 Å². The highest BCUT2D eigenvalue weighted by Crippen LogP contribution is 2.17. The molecular formula is C21H20N2O. The highest BCUT2D eigenvalue weighted by atomic mass is 16.1. The maximum Gasteiger partial charge on any atom is 0.296 e. The highest BCUT2D eigenvalue weighted by Gasteiger charge is 2.03. The molecule has 2 aromatic carbocycles. The Balaban J connectivity index is 1.56. The summed E-state index contributed by atoms with van der Waals surface area (Å²) in [7, 11) is 0. The van der Waals surface area contributed by atoms with E-state index in [-0.39, 0.29) is 5.91 Å². The van der Waals surface area contributed by atoms with Gasteiger partial charge in [0.05, 0.1) is 0 Å². The van der Waals surface area contributed by atoms with Crippen LogP contribution in [0.4, 0.5) is 0 Å². The van der Waals surface area contributed by atoms with Gasteiger partial charge in [-0.05, 0) is 55.2 Å². The van der Waals surface area contributed by atoms with Gasteiger partial charge in [0.1, 0.15) is 0 Å². The monoisotopic (exact) mass is 316 g/mol. The third-order valence-electron chi connectivity index (χ3n) is 4.18. The van der Waals surface area contributed by atoms with Crippen molar-refractivity contribution in [2.24, 2.45) is 0 Å². The van der Waals surface area contributed by atoms with Crippen molar-refractivity contribution in [3.05, 3.63) is 70.9 Å². The molecule has 3 aromatic rings. The first-order chi connectivity index (χ1) is 11.6. The number of benzene rings is 2. The summed E-state index contributed by atoms with van der Waals surface area (Å²) in [5, 5.41) is 4.06. The van der Waals surface area contributed by atoms with Gasteiger partial charge in [-0.1, -0.05) is 30.2 Å². The third kappa shape index (κ3) is 3.67. The van der Waals surface area contributed by atoms with E-state index in [1.54, 1.807) is 0 Å². The van der Waals surface area contributed by atoms with Crippen molar-refractivity contribution in [2.45, 2.75) is 20.3 Å². The normalized spacial score (nSPS) is 10.2. The van der Waals surface area contributed by atoms with Gasteiger partial charge in [0.2, 0.25) is 0 Å². The Morgan fingerprint density at radius 2 is 1.96 bits per heavy atom. The molecule has 0 saturated heterocycles. The molecule has 0 aliphatic rings. The number of carbonyl (C=O) groups is 1. The minimum Gasteiger partial charge on any atom is -0.361 e. The lowest BCUT2D eigenvalue weighted by Crippen LogP contribution is -2.23. The van der Waals surface area contributed by atoms with Crippen LogP contribution in [0.15, 0.2) is 48.7 Å². The molecule has 0 saturated carbocycles. The average Bonchev–Trinajstić information content (AvgIpc) is 2.99. The van der Waals surface area contributed by atoms with Gasteiger partial charge >= 0.3 is 0 Å². The lowest BCUT2D eigenvalue weighted by molar-refractivity contribution is -0.115. The highest BCUT2D eigenvalue weighted by molar-refractivity contribution is 5.94. The Morgan fingerprint density at radius 3 is 2.79 bits per heavy atom. The van der Waals surface area contributed by atoms with Crippen LogP contribution >= 0.6 is 0 Å². The molecule has 2 N–H and O–H groups in total. The number of aryl methyl sites for hydroxylation is 2. The molecule has 0 unspecified atom stereocenters. The number of rotatable bonds is 3. The number of carbonyl (C=O) groups excluding carboxylic acids is 1. The Kier molecular flexibility index (Phi) is 4.67. The second kappa shape index (κ2) is 7.06. The number of fused-ring (bicyclic) bond motifs is 1. The Morgan fingerprint density at radius 1 is 1.12 bits per heavy atom. The number of H-pyrrole nitrogens is 1. The zero-order chi connectivity index (χ0) is 16.9. The molecule has 120 valence electrons. The average molecular weight is 316 g/mol. The number of hydrogen-bond acceptors (Lipinski definition) is 1. The molecule has 0 aliphatic heterocycles. The fraction of sp³-hybridized carbons (Fsp3) is 0.190. The quantitative estimate of drug-likeness (QED) is 0.714. The van der Waals surface area contributed by atoms with Crippen LogP contribution < -0.4 is 5.32 Å². The van der Waals surface area contributed by atoms with Crippen molar-refractivity contribution in [2.75, 3.05) is 6.54 Å². The second-order valence-corrected chi connectivity index (χ2v) is 5.91. The van der Waals surface area contributed by atoms with Crippen LogP contribution in [0, 0.1) is 25.7 Å². The van der Waals surface area contributed by atoms with E-state index < -0.39 is 0 Å². The molecule has 0 radical (unpaired) electrons. The van der Waals surface area contributed by atoms with Crippen LogP contribution in [0.3, 0.4) is 0 Å². The maximum absolute atomic E-state index is 11.9. The smallest absolute Gasteiger partial charge is 0.296 e. The van der Waals surface area contributed by atoms with Gasteiger partial charge in [0.25, 0.3) is 5.91 Å². The summed E-state index contributed by atoms with van der Waals surface area (Å²) in [4.78, 5) is 15.1. The van der Waals surface area contributed by atoms with Crippen LogP contribution in [0.2, 0.25) is 0 Å². The van der Waals surface area contributed by atoms with E-state index in [4.69, 9.17) is 0 Å². The minimum atomic E-state index is -0.243.